The minimum absolute atomic E-state index is 0.183. The molecule has 0 rings (SSSR count). The Bertz CT molecular complexity index is 250. The molecule has 0 bridgehead atoms. The zero-order valence-corrected chi connectivity index (χ0v) is 8.99. The van der Waals surface area contributed by atoms with Gasteiger partial charge in [-0.15, -0.1) is 0 Å². The number of nitrogens with two attached hydrogens (primary N) is 1. The third-order valence-electron chi connectivity index (χ3n) is 1.85. The van der Waals surface area contributed by atoms with E-state index in [2.05, 4.69) is 14.6 Å². The Morgan fingerprint density at radius 3 is 2.20 bits per heavy atom. The lowest BCUT2D eigenvalue weighted by molar-refractivity contribution is -0.140. The molecule has 6 nitrogen and oxygen atoms in total. The number of nitrogens with zero attached hydrogens (tertiary/aromatic N) is 1. The van der Waals surface area contributed by atoms with Crippen LogP contribution in [0.3, 0.4) is 0 Å². The van der Waals surface area contributed by atoms with E-state index >= 15 is 0 Å². The van der Waals surface area contributed by atoms with Crippen molar-refractivity contribution in [1.82, 2.24) is 0 Å². The molecule has 15 heavy (non-hydrogen) atoms. The van der Waals surface area contributed by atoms with Gasteiger partial charge in [0, 0.05) is 6.42 Å². The van der Waals surface area contributed by atoms with Crippen molar-refractivity contribution in [2.75, 3.05) is 14.2 Å². The summed E-state index contributed by atoms with van der Waals surface area (Å²) in [5, 5.41) is 3.32. The molecule has 0 spiro atoms. The summed E-state index contributed by atoms with van der Waals surface area (Å²) in [4.78, 5) is 21.7. The Kier molecular flexibility index (Phi) is 6.96. The molecule has 0 radical (unpaired) electrons. The molecule has 0 aromatic heterocycles. The largest absolute Gasteiger partial charge is 0.469 e. The second-order valence-electron chi connectivity index (χ2n) is 2.85. The van der Waals surface area contributed by atoms with Crippen molar-refractivity contribution in [2.24, 2.45) is 10.9 Å². The number of rotatable bonds is 6. The SMILES string of the molecule is COC(=O)CCCCC(=NN)C(=O)OC. The number of ether oxygens (including phenoxy) is 2. The van der Waals surface area contributed by atoms with Crippen molar-refractivity contribution in [3.63, 3.8) is 0 Å². The molecular weight excluding hydrogens is 200 g/mol. The molecule has 0 aliphatic heterocycles. The van der Waals surface area contributed by atoms with E-state index in [4.69, 9.17) is 5.84 Å². The fourth-order valence-corrected chi connectivity index (χ4v) is 1.00. The van der Waals surface area contributed by atoms with Gasteiger partial charge in [-0.2, -0.15) is 5.10 Å². The maximum atomic E-state index is 11.0. The number of esters is 2. The lowest BCUT2D eigenvalue weighted by Crippen LogP contribution is -2.17. The average molecular weight is 216 g/mol. The average Bonchev–Trinajstić information content (AvgIpc) is 2.27. The minimum Gasteiger partial charge on any atom is -0.469 e. The lowest BCUT2D eigenvalue weighted by Gasteiger charge is -2.02. The second kappa shape index (κ2) is 7.78. The van der Waals surface area contributed by atoms with Crippen LogP contribution in [0.5, 0.6) is 0 Å². The van der Waals surface area contributed by atoms with E-state index in [-0.39, 0.29) is 11.7 Å². The van der Waals surface area contributed by atoms with Crippen LogP contribution in [0, 0.1) is 0 Å². The van der Waals surface area contributed by atoms with Gasteiger partial charge < -0.3 is 15.3 Å². The van der Waals surface area contributed by atoms with Crippen molar-refractivity contribution in [3.8, 4) is 0 Å². The van der Waals surface area contributed by atoms with E-state index in [0.717, 1.165) is 0 Å². The Balaban J connectivity index is 3.75. The Morgan fingerprint density at radius 2 is 1.73 bits per heavy atom. The topological polar surface area (TPSA) is 91.0 Å². The molecule has 6 heteroatoms. The molecule has 0 heterocycles. The van der Waals surface area contributed by atoms with Gasteiger partial charge in [0.05, 0.1) is 14.2 Å². The predicted molar refractivity (Wildman–Crippen MR) is 54.1 cm³/mol. The fourth-order valence-electron chi connectivity index (χ4n) is 1.00. The predicted octanol–water partition coefficient (Wildman–Crippen LogP) is 0.207. The normalized spacial score (nSPS) is 10.9. The minimum atomic E-state index is -0.532. The molecular formula is C9H16N2O4. The molecule has 0 aliphatic carbocycles. The molecule has 0 unspecified atom stereocenters. The van der Waals surface area contributed by atoms with Gasteiger partial charge in [-0.1, -0.05) is 0 Å². The van der Waals surface area contributed by atoms with Crippen molar-refractivity contribution >= 4 is 17.7 Å². The van der Waals surface area contributed by atoms with Gasteiger partial charge in [0.1, 0.15) is 5.71 Å². The van der Waals surface area contributed by atoms with Crippen molar-refractivity contribution in [1.29, 1.82) is 0 Å². The Morgan fingerprint density at radius 1 is 1.13 bits per heavy atom. The van der Waals surface area contributed by atoms with Crippen molar-refractivity contribution in [3.05, 3.63) is 0 Å². The first-order valence-corrected chi connectivity index (χ1v) is 4.57. The first-order valence-electron chi connectivity index (χ1n) is 4.57. The van der Waals surface area contributed by atoms with Crippen LogP contribution in [-0.2, 0) is 19.1 Å². The number of hydrogen-bond acceptors (Lipinski definition) is 6. The van der Waals surface area contributed by atoms with E-state index in [1.165, 1.54) is 14.2 Å². The molecule has 86 valence electrons. The molecule has 0 aromatic rings. The molecule has 0 atom stereocenters. The zero-order chi connectivity index (χ0) is 11.7. The van der Waals surface area contributed by atoms with E-state index in [1.807, 2.05) is 0 Å². The second-order valence-corrected chi connectivity index (χ2v) is 2.85. The monoisotopic (exact) mass is 216 g/mol. The number of methoxy groups -OCH3 is 2. The summed E-state index contributed by atoms with van der Waals surface area (Å²) in [6.45, 7) is 0. The standard InChI is InChI=1S/C9H16N2O4/c1-14-8(12)6-4-3-5-7(11-10)9(13)15-2/h3-6,10H2,1-2H3. The third-order valence-corrected chi connectivity index (χ3v) is 1.85. The van der Waals surface area contributed by atoms with Crippen LogP contribution in [0.1, 0.15) is 25.7 Å². The van der Waals surface area contributed by atoms with Crippen LogP contribution in [0.15, 0.2) is 5.10 Å². The Labute approximate surface area is 88.4 Å². The van der Waals surface area contributed by atoms with E-state index in [9.17, 15) is 9.59 Å². The summed E-state index contributed by atoms with van der Waals surface area (Å²) in [6, 6.07) is 0. The van der Waals surface area contributed by atoms with Crippen molar-refractivity contribution in [2.45, 2.75) is 25.7 Å². The summed E-state index contributed by atoms with van der Waals surface area (Å²) in [6.07, 6.45) is 2.00. The number of hydrogen-bond donors (Lipinski definition) is 1. The highest BCUT2D eigenvalue weighted by Gasteiger charge is 2.11. The summed E-state index contributed by atoms with van der Waals surface area (Å²) in [5.74, 6) is 4.22. The molecule has 0 saturated carbocycles. The Hall–Kier alpha value is -1.59. The fraction of sp³-hybridized carbons (Fsp3) is 0.667. The molecule has 0 aromatic carbocycles. The van der Waals surface area contributed by atoms with Crippen LogP contribution in [0.2, 0.25) is 0 Å². The van der Waals surface area contributed by atoms with Gasteiger partial charge in [0.15, 0.2) is 0 Å². The van der Waals surface area contributed by atoms with E-state index in [1.54, 1.807) is 0 Å². The van der Waals surface area contributed by atoms with Gasteiger partial charge >= 0.3 is 11.9 Å². The maximum absolute atomic E-state index is 11.0. The van der Waals surface area contributed by atoms with Gasteiger partial charge in [-0.05, 0) is 19.3 Å². The van der Waals surface area contributed by atoms with Gasteiger partial charge in [-0.3, -0.25) is 4.79 Å². The first kappa shape index (κ1) is 13.4. The smallest absolute Gasteiger partial charge is 0.354 e. The molecule has 0 aliphatic rings. The quantitative estimate of drug-likeness (QED) is 0.225. The van der Waals surface area contributed by atoms with Crippen molar-refractivity contribution < 1.29 is 19.1 Å². The number of hydrazone groups is 1. The summed E-state index contributed by atoms with van der Waals surface area (Å²) in [7, 11) is 2.60. The van der Waals surface area contributed by atoms with Crippen LogP contribution >= 0.6 is 0 Å². The highest BCUT2D eigenvalue weighted by molar-refractivity contribution is 6.36. The number of carbonyl (C=O) groups is 2. The highest BCUT2D eigenvalue weighted by Crippen LogP contribution is 2.03. The van der Waals surface area contributed by atoms with Gasteiger partial charge in [0.2, 0.25) is 0 Å². The summed E-state index contributed by atoms with van der Waals surface area (Å²) in [5.41, 5.74) is 0.183. The van der Waals surface area contributed by atoms with Crippen LogP contribution in [0.4, 0.5) is 0 Å². The van der Waals surface area contributed by atoms with Crippen LogP contribution in [-0.4, -0.2) is 31.9 Å². The van der Waals surface area contributed by atoms with E-state index < -0.39 is 5.97 Å². The molecule has 0 saturated heterocycles. The third kappa shape index (κ3) is 5.66. The first-order chi connectivity index (χ1) is 7.15. The summed E-state index contributed by atoms with van der Waals surface area (Å²) >= 11 is 0. The molecule has 2 N–H and O–H groups in total. The van der Waals surface area contributed by atoms with E-state index in [0.29, 0.717) is 25.7 Å². The molecule has 0 amide bonds. The summed E-state index contributed by atoms with van der Waals surface area (Å²) < 4.78 is 8.93. The number of unbranched alkanes of at least 4 members (excludes halogenated alkanes) is 1. The number of carbonyl (C=O) groups excluding carboxylic acids is 2. The van der Waals surface area contributed by atoms with Crippen LogP contribution < -0.4 is 5.84 Å². The van der Waals surface area contributed by atoms with Crippen LogP contribution in [0.25, 0.3) is 0 Å². The molecule has 0 fully saturated rings. The van der Waals surface area contributed by atoms with Gasteiger partial charge in [0.25, 0.3) is 0 Å². The maximum Gasteiger partial charge on any atom is 0.354 e. The lowest BCUT2D eigenvalue weighted by atomic mass is 10.1. The van der Waals surface area contributed by atoms with Gasteiger partial charge in [-0.25, -0.2) is 4.79 Å². The zero-order valence-electron chi connectivity index (χ0n) is 8.99. The highest BCUT2D eigenvalue weighted by atomic mass is 16.5.